The number of aromatic nitrogens is 2. The third-order valence-corrected chi connectivity index (χ3v) is 5.58. The van der Waals surface area contributed by atoms with E-state index >= 15 is 0 Å². The van der Waals surface area contributed by atoms with Crippen LogP contribution in [0.25, 0.3) is 5.69 Å². The maximum Gasteiger partial charge on any atom is 0.410 e. The van der Waals surface area contributed by atoms with E-state index in [2.05, 4.69) is 10.4 Å². The first-order valence-electron chi connectivity index (χ1n) is 11.1. The van der Waals surface area contributed by atoms with Crippen molar-refractivity contribution in [2.45, 2.75) is 32.5 Å². The average Bonchev–Trinajstić information content (AvgIpc) is 3.30. The Labute approximate surface area is 207 Å². The SMILES string of the molecule is CC(C)(C)OC(=O)N1CCOC(c2ccc(NC(=O)c3cnn(-c4ccc(F)cc4)c3)c(Cl)c2)C1. The molecule has 35 heavy (non-hydrogen) atoms. The first-order chi connectivity index (χ1) is 16.6. The molecule has 0 radical (unpaired) electrons. The monoisotopic (exact) mass is 500 g/mol. The van der Waals surface area contributed by atoms with Crippen molar-refractivity contribution < 1.29 is 23.5 Å². The Morgan fingerprint density at radius 1 is 1.20 bits per heavy atom. The summed E-state index contributed by atoms with van der Waals surface area (Å²) in [5, 5.41) is 7.27. The zero-order chi connectivity index (χ0) is 25.2. The number of halogens is 2. The quantitative estimate of drug-likeness (QED) is 0.530. The zero-order valence-corrected chi connectivity index (χ0v) is 20.4. The van der Waals surface area contributed by atoms with Gasteiger partial charge in [-0.2, -0.15) is 5.10 Å². The number of nitrogens with zero attached hydrogens (tertiary/aromatic N) is 3. The Morgan fingerprint density at radius 3 is 2.63 bits per heavy atom. The van der Waals surface area contributed by atoms with E-state index in [4.69, 9.17) is 21.1 Å². The molecule has 2 amide bonds. The molecule has 10 heteroatoms. The van der Waals surface area contributed by atoms with E-state index in [1.165, 1.54) is 23.0 Å². The van der Waals surface area contributed by atoms with Crippen molar-refractivity contribution >= 4 is 29.3 Å². The summed E-state index contributed by atoms with van der Waals surface area (Å²) in [6.45, 7) is 6.62. The van der Waals surface area contributed by atoms with Crippen molar-refractivity contribution in [2.24, 2.45) is 0 Å². The molecule has 4 rings (SSSR count). The average molecular weight is 501 g/mol. The van der Waals surface area contributed by atoms with E-state index in [0.717, 1.165) is 5.56 Å². The summed E-state index contributed by atoms with van der Waals surface area (Å²) in [5.41, 5.74) is 1.57. The second-order valence-electron chi connectivity index (χ2n) is 9.13. The zero-order valence-electron chi connectivity index (χ0n) is 19.6. The molecular weight excluding hydrogens is 475 g/mol. The highest BCUT2D eigenvalue weighted by Crippen LogP contribution is 2.30. The van der Waals surface area contributed by atoms with Gasteiger partial charge >= 0.3 is 6.09 Å². The van der Waals surface area contributed by atoms with Gasteiger partial charge < -0.3 is 19.7 Å². The van der Waals surface area contributed by atoms with Crippen molar-refractivity contribution in [1.29, 1.82) is 0 Å². The minimum atomic E-state index is -0.580. The third kappa shape index (κ3) is 6.17. The van der Waals surface area contributed by atoms with E-state index in [-0.39, 0.29) is 18.0 Å². The predicted molar refractivity (Wildman–Crippen MR) is 129 cm³/mol. The second kappa shape index (κ2) is 10.1. The number of ether oxygens (including phenoxy) is 2. The van der Waals surface area contributed by atoms with Gasteiger partial charge in [0.25, 0.3) is 5.91 Å². The van der Waals surface area contributed by atoms with Crippen LogP contribution in [-0.2, 0) is 9.47 Å². The molecule has 2 aromatic carbocycles. The predicted octanol–water partition coefficient (Wildman–Crippen LogP) is 5.23. The molecule has 1 aliphatic rings. The van der Waals surface area contributed by atoms with E-state index in [1.54, 1.807) is 41.4 Å². The molecule has 1 aromatic heterocycles. The highest BCUT2D eigenvalue weighted by molar-refractivity contribution is 6.34. The molecule has 1 atom stereocenters. The second-order valence-corrected chi connectivity index (χ2v) is 9.54. The number of nitrogens with one attached hydrogen (secondary N) is 1. The third-order valence-electron chi connectivity index (χ3n) is 5.27. The molecule has 2 heterocycles. The maximum absolute atomic E-state index is 13.1. The van der Waals surface area contributed by atoms with Crippen molar-refractivity contribution in [1.82, 2.24) is 14.7 Å². The van der Waals surface area contributed by atoms with Gasteiger partial charge in [0.1, 0.15) is 17.5 Å². The molecule has 1 aliphatic heterocycles. The fourth-order valence-corrected chi connectivity index (χ4v) is 3.78. The smallest absolute Gasteiger partial charge is 0.410 e. The van der Waals surface area contributed by atoms with Crippen molar-refractivity contribution in [3.63, 3.8) is 0 Å². The summed E-state index contributed by atoms with van der Waals surface area (Å²) in [4.78, 5) is 26.8. The minimum absolute atomic E-state index is 0.318. The lowest BCUT2D eigenvalue weighted by atomic mass is 10.1. The summed E-state index contributed by atoms with van der Waals surface area (Å²) in [7, 11) is 0. The molecule has 3 aromatic rings. The lowest BCUT2D eigenvalue weighted by Crippen LogP contribution is -2.44. The highest BCUT2D eigenvalue weighted by atomic mass is 35.5. The van der Waals surface area contributed by atoms with Gasteiger partial charge in [-0.05, 0) is 62.7 Å². The van der Waals surface area contributed by atoms with E-state index in [1.807, 2.05) is 20.8 Å². The van der Waals surface area contributed by atoms with Crippen LogP contribution in [0.4, 0.5) is 14.9 Å². The van der Waals surface area contributed by atoms with Crippen LogP contribution < -0.4 is 5.32 Å². The van der Waals surface area contributed by atoms with Crippen LogP contribution in [0.1, 0.15) is 42.8 Å². The number of amides is 2. The number of carbonyl (C=O) groups is 2. The van der Waals surface area contributed by atoms with Gasteiger partial charge in [-0.25, -0.2) is 13.9 Å². The fraction of sp³-hybridized carbons (Fsp3) is 0.320. The van der Waals surface area contributed by atoms with Gasteiger partial charge in [0.05, 0.1) is 41.3 Å². The lowest BCUT2D eigenvalue weighted by Gasteiger charge is -2.34. The molecular formula is C25H26ClFN4O4. The first-order valence-corrected chi connectivity index (χ1v) is 11.5. The number of morpholine rings is 1. The van der Waals surface area contributed by atoms with Gasteiger partial charge in [-0.1, -0.05) is 17.7 Å². The van der Waals surface area contributed by atoms with Crippen LogP contribution >= 0.6 is 11.6 Å². The maximum atomic E-state index is 13.1. The van der Waals surface area contributed by atoms with Gasteiger partial charge in [0.2, 0.25) is 0 Å². The first kappa shape index (κ1) is 24.7. The Balaban J connectivity index is 1.41. The fourth-order valence-electron chi connectivity index (χ4n) is 3.55. The number of hydrogen-bond acceptors (Lipinski definition) is 5. The summed E-state index contributed by atoms with van der Waals surface area (Å²) in [6.07, 6.45) is 2.21. The van der Waals surface area contributed by atoms with Gasteiger partial charge in [-0.15, -0.1) is 0 Å². The molecule has 1 N–H and O–H groups in total. The molecule has 1 unspecified atom stereocenters. The standard InChI is InChI=1S/C25H26ClFN4O4/c1-25(2,3)35-24(33)30-10-11-34-22(15-30)16-4-9-21(20(26)12-16)29-23(32)17-13-28-31(14-17)19-7-5-18(27)6-8-19/h4-9,12-14,22H,10-11,15H2,1-3H3,(H,29,32). The van der Waals surface area contributed by atoms with E-state index in [9.17, 15) is 14.0 Å². The summed E-state index contributed by atoms with van der Waals surface area (Å²) in [5.74, 6) is -0.744. The Hall–Kier alpha value is -3.43. The number of anilines is 1. The summed E-state index contributed by atoms with van der Waals surface area (Å²) >= 11 is 6.45. The summed E-state index contributed by atoms with van der Waals surface area (Å²) in [6, 6.07) is 11.0. The highest BCUT2D eigenvalue weighted by Gasteiger charge is 2.29. The Morgan fingerprint density at radius 2 is 1.94 bits per heavy atom. The number of rotatable bonds is 4. The van der Waals surface area contributed by atoms with Crippen LogP contribution in [0, 0.1) is 5.82 Å². The van der Waals surface area contributed by atoms with Gasteiger partial charge in [0.15, 0.2) is 0 Å². The molecule has 0 spiro atoms. The number of carbonyl (C=O) groups excluding carboxylic acids is 2. The van der Waals surface area contributed by atoms with Crippen LogP contribution in [0.5, 0.6) is 0 Å². The van der Waals surface area contributed by atoms with Crippen LogP contribution in [0.15, 0.2) is 54.9 Å². The topological polar surface area (TPSA) is 85.7 Å². The molecule has 0 saturated carbocycles. The number of benzene rings is 2. The largest absolute Gasteiger partial charge is 0.444 e. The van der Waals surface area contributed by atoms with Crippen molar-refractivity contribution in [3.05, 3.63) is 76.8 Å². The molecule has 0 bridgehead atoms. The minimum Gasteiger partial charge on any atom is -0.444 e. The Bertz CT molecular complexity index is 1220. The Kier molecular flexibility index (Phi) is 7.09. The van der Waals surface area contributed by atoms with Gasteiger partial charge in [-0.3, -0.25) is 4.79 Å². The molecule has 8 nitrogen and oxygen atoms in total. The summed E-state index contributed by atoms with van der Waals surface area (Å²) < 4.78 is 25.9. The van der Waals surface area contributed by atoms with E-state index < -0.39 is 11.5 Å². The molecule has 184 valence electrons. The van der Waals surface area contributed by atoms with Crippen molar-refractivity contribution in [2.75, 3.05) is 25.0 Å². The van der Waals surface area contributed by atoms with E-state index in [0.29, 0.717) is 41.7 Å². The van der Waals surface area contributed by atoms with Crippen molar-refractivity contribution in [3.8, 4) is 5.69 Å². The molecule has 1 saturated heterocycles. The normalized spacial score (nSPS) is 16.1. The lowest BCUT2D eigenvalue weighted by molar-refractivity contribution is -0.0432. The van der Waals surface area contributed by atoms with Crippen LogP contribution in [0.3, 0.4) is 0 Å². The molecule has 1 fully saturated rings. The van der Waals surface area contributed by atoms with Crippen LogP contribution in [0.2, 0.25) is 5.02 Å². The number of hydrogen-bond donors (Lipinski definition) is 1. The van der Waals surface area contributed by atoms with Crippen LogP contribution in [-0.4, -0.2) is 52.0 Å². The molecule has 0 aliphatic carbocycles. The van der Waals surface area contributed by atoms with Gasteiger partial charge in [0, 0.05) is 12.7 Å².